The van der Waals surface area contributed by atoms with E-state index in [1.165, 1.54) is 28.6 Å². The van der Waals surface area contributed by atoms with Crippen molar-refractivity contribution in [3.05, 3.63) is 60.2 Å². The van der Waals surface area contributed by atoms with Crippen molar-refractivity contribution in [2.24, 2.45) is 11.8 Å². The van der Waals surface area contributed by atoms with E-state index < -0.39 is 28.1 Å². The van der Waals surface area contributed by atoms with Crippen LogP contribution in [0.3, 0.4) is 0 Å². The molecule has 3 rings (SSSR count). The molecule has 2 atom stereocenters. The molecule has 1 fully saturated rings. The van der Waals surface area contributed by atoms with Gasteiger partial charge in [0.1, 0.15) is 5.75 Å². The highest BCUT2D eigenvalue weighted by Crippen LogP contribution is 2.23. The van der Waals surface area contributed by atoms with Gasteiger partial charge >= 0.3 is 0 Å². The summed E-state index contributed by atoms with van der Waals surface area (Å²) in [6, 6.07) is 14.8. The van der Waals surface area contributed by atoms with Gasteiger partial charge in [-0.1, -0.05) is 58.0 Å². The zero-order valence-electron chi connectivity index (χ0n) is 25.3. The molecule has 0 aliphatic heterocycles. The molecule has 11 heteroatoms. The number of carbonyl (C=O) groups is 2. The summed E-state index contributed by atoms with van der Waals surface area (Å²) in [4.78, 5) is 26.6. The molecule has 1 saturated carbocycles. The minimum atomic E-state index is -4.00. The Hall–Kier alpha value is -2.99. The van der Waals surface area contributed by atoms with Crippen LogP contribution in [0.4, 0.5) is 0 Å². The van der Waals surface area contributed by atoms with Gasteiger partial charge in [-0.25, -0.2) is 13.4 Å². The summed E-state index contributed by atoms with van der Waals surface area (Å²) in [6.07, 6.45) is 1.05. The SMILES string of the molecule is COc1ccc(S(=O)(=O)N(CC(C)C)C[C@@H](O)[C@H](Cc2ccccc2)N(NC(=O)CNC2CC2)C(=O)CC(C)C)cc1. The van der Waals surface area contributed by atoms with Gasteiger partial charge in [-0.2, -0.15) is 4.31 Å². The van der Waals surface area contributed by atoms with E-state index in [0.29, 0.717) is 11.8 Å². The van der Waals surface area contributed by atoms with Crippen LogP contribution in [0.25, 0.3) is 0 Å². The average Bonchev–Trinajstić information content (AvgIpc) is 3.78. The zero-order valence-corrected chi connectivity index (χ0v) is 26.1. The first-order chi connectivity index (χ1) is 19.9. The Kier molecular flexibility index (Phi) is 12.3. The summed E-state index contributed by atoms with van der Waals surface area (Å²) in [6.45, 7) is 7.52. The quantitative estimate of drug-likeness (QED) is 0.252. The summed E-state index contributed by atoms with van der Waals surface area (Å²) < 4.78 is 34.0. The third-order valence-electron chi connectivity index (χ3n) is 6.95. The molecular formula is C31H46N4O6S. The lowest BCUT2D eigenvalue weighted by atomic mass is 9.99. The number of aliphatic hydroxyl groups excluding tert-OH is 1. The number of nitrogens with zero attached hydrogens (tertiary/aromatic N) is 2. The van der Waals surface area contributed by atoms with Gasteiger partial charge in [0.2, 0.25) is 15.9 Å². The van der Waals surface area contributed by atoms with Gasteiger partial charge in [-0.15, -0.1) is 0 Å². The summed E-state index contributed by atoms with van der Waals surface area (Å²) >= 11 is 0. The Morgan fingerprint density at radius 3 is 2.17 bits per heavy atom. The second kappa shape index (κ2) is 15.5. The first kappa shape index (κ1) is 33.5. The fourth-order valence-corrected chi connectivity index (χ4v) is 6.26. The highest BCUT2D eigenvalue weighted by molar-refractivity contribution is 7.89. The average molecular weight is 603 g/mol. The number of ether oxygens (including phenoxy) is 1. The van der Waals surface area contributed by atoms with E-state index >= 15 is 0 Å². The summed E-state index contributed by atoms with van der Waals surface area (Å²) in [5.74, 6) is -0.251. The summed E-state index contributed by atoms with van der Waals surface area (Å²) in [7, 11) is -2.50. The molecular weight excluding hydrogens is 556 g/mol. The predicted molar refractivity (Wildman–Crippen MR) is 162 cm³/mol. The molecule has 2 aromatic carbocycles. The van der Waals surface area contributed by atoms with Crippen LogP contribution >= 0.6 is 0 Å². The van der Waals surface area contributed by atoms with Crippen molar-refractivity contribution in [2.45, 2.75) is 76.5 Å². The maximum Gasteiger partial charge on any atom is 0.252 e. The van der Waals surface area contributed by atoms with Crippen molar-refractivity contribution in [1.82, 2.24) is 20.1 Å². The van der Waals surface area contributed by atoms with E-state index in [-0.39, 0.29) is 55.1 Å². The van der Waals surface area contributed by atoms with Crippen LogP contribution in [0.2, 0.25) is 0 Å². The minimum absolute atomic E-state index is 0.00361. The summed E-state index contributed by atoms with van der Waals surface area (Å²) in [5, 5.41) is 16.1. The number of hydrogen-bond donors (Lipinski definition) is 3. The molecule has 0 heterocycles. The molecule has 42 heavy (non-hydrogen) atoms. The lowest BCUT2D eigenvalue weighted by Crippen LogP contribution is -2.60. The van der Waals surface area contributed by atoms with Crippen molar-refractivity contribution in [2.75, 3.05) is 26.7 Å². The number of aliphatic hydroxyl groups is 1. The molecule has 3 N–H and O–H groups in total. The van der Waals surface area contributed by atoms with Gasteiger partial charge in [0.25, 0.3) is 5.91 Å². The predicted octanol–water partition coefficient (Wildman–Crippen LogP) is 2.97. The number of hydrogen-bond acceptors (Lipinski definition) is 7. The molecule has 0 unspecified atom stereocenters. The van der Waals surface area contributed by atoms with E-state index in [1.54, 1.807) is 12.1 Å². The van der Waals surface area contributed by atoms with E-state index in [2.05, 4.69) is 10.7 Å². The summed E-state index contributed by atoms with van der Waals surface area (Å²) in [5.41, 5.74) is 3.58. The fourth-order valence-electron chi connectivity index (χ4n) is 4.64. The maximum atomic E-state index is 13.8. The fraction of sp³-hybridized carbons (Fsp3) is 0.548. The first-order valence-electron chi connectivity index (χ1n) is 14.6. The second-order valence-corrected chi connectivity index (χ2v) is 13.7. The molecule has 0 bridgehead atoms. The lowest BCUT2D eigenvalue weighted by Gasteiger charge is -2.37. The van der Waals surface area contributed by atoms with Crippen molar-refractivity contribution in [3.63, 3.8) is 0 Å². The normalized spacial score (nSPS) is 15.1. The molecule has 2 amide bonds. The smallest absolute Gasteiger partial charge is 0.252 e. The van der Waals surface area contributed by atoms with Crippen molar-refractivity contribution >= 4 is 21.8 Å². The molecule has 232 valence electrons. The zero-order chi connectivity index (χ0) is 30.9. The third-order valence-corrected chi connectivity index (χ3v) is 8.79. The number of nitrogens with one attached hydrogen (secondary N) is 2. The van der Waals surface area contributed by atoms with E-state index in [0.717, 1.165) is 18.4 Å². The van der Waals surface area contributed by atoms with Gasteiger partial charge in [0, 0.05) is 25.6 Å². The van der Waals surface area contributed by atoms with Crippen LogP contribution in [0.5, 0.6) is 5.75 Å². The van der Waals surface area contributed by atoms with Crippen LogP contribution in [0.15, 0.2) is 59.5 Å². The van der Waals surface area contributed by atoms with Crippen LogP contribution in [-0.4, -0.2) is 79.6 Å². The van der Waals surface area contributed by atoms with E-state index in [9.17, 15) is 23.1 Å². The molecule has 1 aliphatic carbocycles. The van der Waals surface area contributed by atoms with Crippen LogP contribution in [0, 0.1) is 11.8 Å². The molecule has 0 aromatic heterocycles. The topological polar surface area (TPSA) is 128 Å². The van der Waals surface area contributed by atoms with Gasteiger partial charge in [0.05, 0.1) is 30.7 Å². The lowest BCUT2D eigenvalue weighted by molar-refractivity contribution is -0.148. The minimum Gasteiger partial charge on any atom is -0.497 e. The van der Waals surface area contributed by atoms with E-state index in [1.807, 2.05) is 58.0 Å². The highest BCUT2D eigenvalue weighted by atomic mass is 32.2. The monoisotopic (exact) mass is 602 g/mol. The van der Waals surface area contributed by atoms with Crippen molar-refractivity contribution in [3.8, 4) is 5.75 Å². The van der Waals surface area contributed by atoms with Crippen molar-refractivity contribution < 1.29 is 27.9 Å². The molecule has 0 spiro atoms. The Bertz CT molecular complexity index is 1250. The van der Waals surface area contributed by atoms with Crippen LogP contribution in [0.1, 0.15) is 52.5 Å². The third kappa shape index (κ3) is 10.1. The molecule has 2 aromatic rings. The van der Waals surface area contributed by atoms with Crippen LogP contribution in [-0.2, 0) is 26.0 Å². The first-order valence-corrected chi connectivity index (χ1v) is 16.1. The number of hydrazine groups is 1. The Morgan fingerprint density at radius 1 is 0.976 bits per heavy atom. The van der Waals surface area contributed by atoms with Gasteiger partial charge in [-0.3, -0.25) is 15.0 Å². The Balaban J connectivity index is 1.95. The molecule has 10 nitrogen and oxygen atoms in total. The van der Waals surface area contributed by atoms with Gasteiger partial charge in [0.15, 0.2) is 0 Å². The Morgan fingerprint density at radius 2 is 1.62 bits per heavy atom. The van der Waals surface area contributed by atoms with Gasteiger partial charge < -0.3 is 15.2 Å². The molecule has 0 saturated heterocycles. The number of amides is 2. The molecule has 1 aliphatic rings. The van der Waals surface area contributed by atoms with Crippen molar-refractivity contribution in [1.29, 1.82) is 0 Å². The van der Waals surface area contributed by atoms with Crippen LogP contribution < -0.4 is 15.5 Å². The number of sulfonamides is 1. The largest absolute Gasteiger partial charge is 0.497 e. The highest BCUT2D eigenvalue weighted by Gasteiger charge is 2.36. The molecule has 0 radical (unpaired) electrons. The standard InChI is InChI=1S/C31H46N4O6S/c1-22(2)17-31(38)35(33-30(37)19-32-25-11-12-25)28(18-24-9-7-6-8-10-24)29(36)21-34(20-23(3)4)42(39,40)27-15-13-26(41-5)14-16-27/h6-10,13-16,22-23,25,28-29,32,36H,11-12,17-21H2,1-5H3,(H,33,37)/t28-,29+/m0/s1. The maximum absolute atomic E-state index is 13.8. The van der Waals surface area contributed by atoms with E-state index in [4.69, 9.17) is 4.74 Å². The number of rotatable bonds is 16. The number of benzene rings is 2. The Labute approximate surface area is 250 Å². The van der Waals surface area contributed by atoms with Gasteiger partial charge in [-0.05, 0) is 60.9 Å². The number of methoxy groups -OCH3 is 1. The second-order valence-electron chi connectivity index (χ2n) is 11.8. The number of carbonyl (C=O) groups excluding carboxylic acids is 2.